The van der Waals surface area contributed by atoms with Gasteiger partial charge in [0.1, 0.15) is 5.02 Å². The van der Waals surface area contributed by atoms with E-state index in [2.05, 4.69) is 20.2 Å². The van der Waals surface area contributed by atoms with Crippen LogP contribution in [-0.2, 0) is 0 Å². The fourth-order valence-electron chi connectivity index (χ4n) is 1.76. The number of rotatable bonds is 0. The van der Waals surface area contributed by atoms with E-state index in [1.807, 2.05) is 0 Å². The molecule has 4 N–H and O–H groups in total. The quantitative estimate of drug-likeness (QED) is 0.581. The lowest BCUT2D eigenvalue weighted by molar-refractivity contribution is -0.362. The monoisotopic (exact) mass is 284 g/mol. The Labute approximate surface area is 109 Å². The molecule has 0 aliphatic heterocycles. The molecule has 6 nitrogen and oxygen atoms in total. The van der Waals surface area contributed by atoms with Crippen molar-refractivity contribution in [3.05, 3.63) is 42.9 Å². The summed E-state index contributed by atoms with van der Waals surface area (Å²) in [4.78, 5) is 28.9. The molecule has 3 rings (SSSR count). The van der Waals surface area contributed by atoms with Gasteiger partial charge in [0.15, 0.2) is 0 Å². The van der Waals surface area contributed by atoms with Crippen LogP contribution in [0.15, 0.2) is 21.7 Å². The molecule has 0 spiro atoms. The van der Waals surface area contributed by atoms with Crippen molar-refractivity contribution in [1.29, 1.82) is 0 Å². The lowest BCUT2D eigenvalue weighted by Gasteiger charge is -1.93. The van der Waals surface area contributed by atoms with Gasteiger partial charge in [-0.3, -0.25) is 19.8 Å². The Bertz CT molecular complexity index is 900. The molecule has 0 amide bonds. The third-order valence-electron chi connectivity index (χ3n) is 2.56. The van der Waals surface area contributed by atoms with E-state index in [0.29, 0.717) is 21.1 Å². The predicted molar refractivity (Wildman–Crippen MR) is 65.8 cm³/mol. The second-order valence-electron chi connectivity index (χ2n) is 3.72. The van der Waals surface area contributed by atoms with E-state index in [9.17, 15) is 9.59 Å². The smallest absolute Gasteiger partial charge is 0.260 e. The van der Waals surface area contributed by atoms with Gasteiger partial charge in [0.05, 0.1) is 0 Å². The van der Waals surface area contributed by atoms with Crippen molar-refractivity contribution in [3.8, 4) is 0 Å². The topological polar surface area (TPSA) is 94.0 Å². The molecule has 2 aromatic heterocycles. The highest BCUT2D eigenvalue weighted by Gasteiger charge is 2.22. The highest BCUT2D eigenvalue weighted by atomic mass is 35.5. The molecular weight excluding hydrogens is 279 g/mol. The molecular formula is C10H6Cl2N4O2+2. The first-order chi connectivity index (χ1) is 8.56. The van der Waals surface area contributed by atoms with Crippen LogP contribution in [0, 0.1) is 0 Å². The Kier molecular flexibility index (Phi) is 2.36. The maximum Gasteiger partial charge on any atom is 0.349 e. The minimum absolute atomic E-state index is 0.121. The van der Waals surface area contributed by atoms with E-state index in [1.54, 1.807) is 12.1 Å². The van der Waals surface area contributed by atoms with Crippen LogP contribution >= 0.6 is 23.2 Å². The fourth-order valence-corrected chi connectivity index (χ4v) is 2.30. The molecule has 0 fully saturated rings. The Morgan fingerprint density at radius 2 is 1.50 bits per heavy atom. The molecule has 0 aliphatic rings. The summed E-state index contributed by atoms with van der Waals surface area (Å²) < 4.78 is 0. The first-order valence-corrected chi connectivity index (χ1v) is 5.70. The van der Waals surface area contributed by atoms with Crippen molar-refractivity contribution < 1.29 is 9.97 Å². The molecule has 0 radical (unpaired) electrons. The molecule has 0 saturated carbocycles. The normalized spacial score (nSPS) is 11.2. The Hall–Kier alpha value is -1.92. The second-order valence-corrected chi connectivity index (χ2v) is 4.56. The van der Waals surface area contributed by atoms with Gasteiger partial charge in [0, 0.05) is 11.1 Å². The zero-order valence-corrected chi connectivity index (χ0v) is 10.2. The Morgan fingerprint density at radius 3 is 2.17 bits per heavy atom. The number of hydrogen-bond acceptors (Lipinski definition) is 2. The number of nitrogens with one attached hydrogen (secondary N) is 4. The number of H-pyrrole nitrogens is 4. The Balaban J connectivity index is 2.64. The van der Waals surface area contributed by atoms with Crippen molar-refractivity contribution in [3.63, 3.8) is 0 Å². The summed E-state index contributed by atoms with van der Waals surface area (Å²) in [5.74, 6) is 0. The molecule has 18 heavy (non-hydrogen) atoms. The van der Waals surface area contributed by atoms with Crippen LogP contribution < -0.4 is 21.1 Å². The zero-order valence-electron chi connectivity index (χ0n) is 8.73. The highest BCUT2D eigenvalue weighted by molar-refractivity contribution is 6.37. The molecule has 1 aromatic carbocycles. The largest absolute Gasteiger partial charge is 0.349 e. The maximum atomic E-state index is 11.6. The van der Waals surface area contributed by atoms with E-state index < -0.39 is 11.1 Å². The van der Waals surface area contributed by atoms with Crippen LogP contribution in [0.4, 0.5) is 0 Å². The molecule has 0 aliphatic carbocycles. The van der Waals surface area contributed by atoms with E-state index in [0.717, 1.165) is 0 Å². The minimum atomic E-state index is -0.450. The van der Waals surface area contributed by atoms with Gasteiger partial charge in [-0.1, -0.05) is 23.2 Å². The zero-order chi connectivity index (χ0) is 12.9. The maximum absolute atomic E-state index is 11.6. The average molecular weight is 285 g/mol. The lowest BCUT2D eigenvalue weighted by Crippen LogP contribution is -2.32. The summed E-state index contributed by atoms with van der Waals surface area (Å²) in [7, 11) is 0. The number of aromatic amines is 4. The molecule has 0 atom stereocenters. The number of halogens is 2. The van der Waals surface area contributed by atoms with Crippen LogP contribution in [0.2, 0.25) is 10.0 Å². The summed E-state index contributed by atoms with van der Waals surface area (Å²) in [6.07, 6.45) is 0. The minimum Gasteiger partial charge on any atom is -0.260 e. The summed E-state index contributed by atoms with van der Waals surface area (Å²) in [5, 5.41) is 5.24. The molecule has 90 valence electrons. The van der Waals surface area contributed by atoms with Gasteiger partial charge in [-0.05, 0) is 6.07 Å². The first-order valence-electron chi connectivity index (χ1n) is 4.94. The molecule has 0 unspecified atom stereocenters. The van der Waals surface area contributed by atoms with Gasteiger partial charge in [-0.2, -0.15) is 9.97 Å². The van der Waals surface area contributed by atoms with Crippen LogP contribution in [0.3, 0.4) is 0 Å². The van der Waals surface area contributed by atoms with Crippen molar-refractivity contribution >= 4 is 45.3 Å². The third-order valence-corrected chi connectivity index (χ3v) is 3.07. The van der Waals surface area contributed by atoms with Crippen molar-refractivity contribution in [1.82, 2.24) is 10.2 Å². The summed E-state index contributed by atoms with van der Waals surface area (Å²) in [6.45, 7) is 0. The number of fused-ring (bicyclic) bond motifs is 2. The van der Waals surface area contributed by atoms with Crippen LogP contribution in [-0.4, -0.2) is 10.2 Å². The molecule has 3 aromatic rings. The van der Waals surface area contributed by atoms with E-state index in [1.165, 1.54) is 0 Å². The lowest BCUT2D eigenvalue weighted by atomic mass is 10.3. The summed E-state index contributed by atoms with van der Waals surface area (Å²) >= 11 is 11.9. The van der Waals surface area contributed by atoms with Gasteiger partial charge in [0.2, 0.25) is 0 Å². The fraction of sp³-hybridized carbons (Fsp3) is 0. The number of benzene rings is 1. The molecule has 0 saturated heterocycles. The predicted octanol–water partition coefficient (Wildman–Crippen LogP) is 0.305. The van der Waals surface area contributed by atoms with Crippen LogP contribution in [0.25, 0.3) is 22.1 Å². The first kappa shape index (κ1) is 11.2. The standard InChI is InChI=1S/C10H4Cl2N4O2/c11-3-1-4(12)6-5(2-3)13-7-8(14-6)10(18)16-15-9(7)17/h1-2H,(H,15,17)(H,16,18)/p+2. The van der Waals surface area contributed by atoms with Gasteiger partial charge in [0.25, 0.3) is 11.0 Å². The SMILES string of the molecule is O=c1[nH][nH]c(=O)c2[nH+]c3c(Cl)cc(Cl)cc3[nH+]c12. The van der Waals surface area contributed by atoms with Gasteiger partial charge in [-0.25, -0.2) is 0 Å². The van der Waals surface area contributed by atoms with Crippen LogP contribution in [0.5, 0.6) is 0 Å². The van der Waals surface area contributed by atoms with Crippen LogP contribution in [0.1, 0.15) is 0 Å². The molecule has 0 bridgehead atoms. The van der Waals surface area contributed by atoms with Crippen molar-refractivity contribution in [2.75, 3.05) is 0 Å². The summed E-state index contributed by atoms with van der Waals surface area (Å²) in [6, 6.07) is 3.16. The van der Waals surface area contributed by atoms with Crippen molar-refractivity contribution in [2.24, 2.45) is 0 Å². The molecule has 2 heterocycles. The number of hydrogen-bond donors (Lipinski definition) is 2. The highest BCUT2D eigenvalue weighted by Crippen LogP contribution is 2.22. The van der Waals surface area contributed by atoms with E-state index in [4.69, 9.17) is 23.2 Å². The van der Waals surface area contributed by atoms with Gasteiger partial charge < -0.3 is 0 Å². The van der Waals surface area contributed by atoms with Gasteiger partial charge in [-0.15, -0.1) is 0 Å². The average Bonchev–Trinajstić information content (AvgIpc) is 2.32. The van der Waals surface area contributed by atoms with E-state index in [-0.39, 0.29) is 11.0 Å². The number of aromatic nitrogens is 4. The second kappa shape index (κ2) is 3.79. The summed E-state index contributed by atoms with van der Waals surface area (Å²) in [5.41, 5.74) is 0.397. The van der Waals surface area contributed by atoms with Gasteiger partial charge >= 0.3 is 22.2 Å². The Morgan fingerprint density at radius 1 is 0.889 bits per heavy atom. The third kappa shape index (κ3) is 1.58. The van der Waals surface area contributed by atoms with E-state index >= 15 is 0 Å². The molecule has 8 heteroatoms. The van der Waals surface area contributed by atoms with Crippen molar-refractivity contribution in [2.45, 2.75) is 0 Å².